The van der Waals surface area contributed by atoms with Crippen LogP contribution in [0.3, 0.4) is 0 Å². The van der Waals surface area contributed by atoms with Crippen molar-refractivity contribution >= 4 is 29.3 Å². The molecule has 34 heavy (non-hydrogen) atoms. The summed E-state index contributed by atoms with van der Waals surface area (Å²) in [5.74, 6) is 1.30. The van der Waals surface area contributed by atoms with Crippen LogP contribution in [0, 0.1) is 5.82 Å². The maximum absolute atomic E-state index is 13.2. The molecule has 1 aliphatic heterocycles. The zero-order valence-corrected chi connectivity index (χ0v) is 20.0. The number of benzene rings is 3. The Bertz CT molecular complexity index is 1170. The molecule has 1 N–H and O–H groups in total. The Morgan fingerprint density at radius 1 is 1.06 bits per heavy atom. The SMILES string of the molecule is COc1ccc(C(=O)N2c3cc(CNC(=O)CSCc4ccc(F)cc4)ccc3C[C@H]2C)cc1. The van der Waals surface area contributed by atoms with Crippen LogP contribution in [0.5, 0.6) is 5.75 Å². The molecule has 0 unspecified atom stereocenters. The third-order valence-corrected chi connectivity index (χ3v) is 6.83. The first kappa shape index (κ1) is 23.8. The molecule has 7 heteroatoms. The van der Waals surface area contributed by atoms with Gasteiger partial charge in [-0.15, -0.1) is 11.8 Å². The lowest BCUT2D eigenvalue weighted by molar-refractivity contribution is -0.118. The summed E-state index contributed by atoms with van der Waals surface area (Å²) in [7, 11) is 1.60. The van der Waals surface area contributed by atoms with Crippen LogP contribution in [-0.4, -0.2) is 30.7 Å². The molecule has 2 amide bonds. The van der Waals surface area contributed by atoms with E-state index >= 15 is 0 Å². The van der Waals surface area contributed by atoms with Crippen LogP contribution in [-0.2, 0) is 23.5 Å². The molecule has 0 saturated heterocycles. The first-order chi connectivity index (χ1) is 16.4. The molecule has 0 aromatic heterocycles. The molecule has 4 rings (SSSR count). The molecular formula is C27H27FN2O3S. The quantitative estimate of drug-likeness (QED) is 0.496. The summed E-state index contributed by atoms with van der Waals surface area (Å²) < 4.78 is 18.2. The summed E-state index contributed by atoms with van der Waals surface area (Å²) >= 11 is 1.48. The molecule has 0 aliphatic carbocycles. The van der Waals surface area contributed by atoms with E-state index < -0.39 is 0 Å². The van der Waals surface area contributed by atoms with Crippen LogP contribution in [0.25, 0.3) is 0 Å². The number of rotatable bonds is 8. The van der Waals surface area contributed by atoms with E-state index in [1.54, 1.807) is 43.5 Å². The van der Waals surface area contributed by atoms with Crippen LogP contribution in [0.1, 0.15) is 34.0 Å². The van der Waals surface area contributed by atoms with E-state index in [0.29, 0.717) is 29.4 Å². The number of fused-ring (bicyclic) bond motifs is 1. The predicted molar refractivity (Wildman–Crippen MR) is 134 cm³/mol. The number of nitrogens with zero attached hydrogens (tertiary/aromatic N) is 1. The van der Waals surface area contributed by atoms with Gasteiger partial charge in [0.2, 0.25) is 5.91 Å². The highest BCUT2D eigenvalue weighted by molar-refractivity contribution is 7.99. The minimum atomic E-state index is -0.264. The van der Waals surface area contributed by atoms with E-state index in [-0.39, 0.29) is 23.7 Å². The summed E-state index contributed by atoms with van der Waals surface area (Å²) in [6.07, 6.45) is 0.796. The van der Waals surface area contributed by atoms with E-state index in [0.717, 1.165) is 28.8 Å². The fourth-order valence-electron chi connectivity index (χ4n) is 4.04. The molecule has 0 radical (unpaired) electrons. The fourth-order valence-corrected chi connectivity index (χ4v) is 4.86. The number of thioether (sulfide) groups is 1. The van der Waals surface area contributed by atoms with E-state index in [4.69, 9.17) is 4.74 Å². The first-order valence-electron chi connectivity index (χ1n) is 11.1. The van der Waals surface area contributed by atoms with Crippen molar-refractivity contribution in [1.82, 2.24) is 5.32 Å². The lowest BCUT2D eigenvalue weighted by Gasteiger charge is -2.23. The number of amides is 2. The molecule has 176 valence electrons. The van der Waals surface area contributed by atoms with Crippen LogP contribution < -0.4 is 15.0 Å². The van der Waals surface area contributed by atoms with Gasteiger partial charge in [0.15, 0.2) is 0 Å². The molecule has 0 bridgehead atoms. The normalized spacial score (nSPS) is 14.6. The monoisotopic (exact) mass is 478 g/mol. The zero-order valence-electron chi connectivity index (χ0n) is 19.2. The molecule has 5 nitrogen and oxygen atoms in total. The van der Waals surface area contributed by atoms with Crippen LogP contribution >= 0.6 is 11.8 Å². The van der Waals surface area contributed by atoms with Gasteiger partial charge in [0.05, 0.1) is 12.9 Å². The summed E-state index contributed by atoms with van der Waals surface area (Å²) in [5.41, 5.74) is 4.55. The summed E-state index contributed by atoms with van der Waals surface area (Å²) in [5, 5.41) is 2.95. The van der Waals surface area contributed by atoms with Gasteiger partial charge in [0, 0.05) is 29.6 Å². The fraction of sp³-hybridized carbons (Fsp3) is 0.259. The average Bonchev–Trinajstić information content (AvgIpc) is 3.18. The largest absolute Gasteiger partial charge is 0.497 e. The maximum Gasteiger partial charge on any atom is 0.258 e. The van der Waals surface area contributed by atoms with Crippen molar-refractivity contribution in [3.63, 3.8) is 0 Å². The van der Waals surface area contributed by atoms with Gasteiger partial charge in [-0.05, 0) is 72.5 Å². The molecule has 1 aliphatic rings. The predicted octanol–water partition coefficient (Wildman–Crippen LogP) is 4.98. The molecular weight excluding hydrogens is 451 g/mol. The molecule has 0 saturated carbocycles. The van der Waals surface area contributed by atoms with E-state index in [9.17, 15) is 14.0 Å². The average molecular weight is 479 g/mol. The Morgan fingerprint density at radius 2 is 1.76 bits per heavy atom. The minimum Gasteiger partial charge on any atom is -0.497 e. The van der Waals surface area contributed by atoms with Crippen molar-refractivity contribution in [3.8, 4) is 5.75 Å². The number of carbonyl (C=O) groups excluding carboxylic acids is 2. The highest BCUT2D eigenvalue weighted by Gasteiger charge is 2.31. The molecule has 3 aromatic carbocycles. The number of nitrogens with one attached hydrogen (secondary N) is 1. The van der Waals surface area contributed by atoms with Crippen LogP contribution in [0.15, 0.2) is 66.7 Å². The molecule has 1 heterocycles. The zero-order chi connectivity index (χ0) is 24.1. The van der Waals surface area contributed by atoms with Gasteiger partial charge in [0.25, 0.3) is 5.91 Å². The Morgan fingerprint density at radius 3 is 2.47 bits per heavy atom. The Hall–Kier alpha value is -3.32. The molecule has 1 atom stereocenters. The first-order valence-corrected chi connectivity index (χ1v) is 12.3. The smallest absolute Gasteiger partial charge is 0.258 e. The van der Waals surface area contributed by atoms with Crippen molar-refractivity contribution in [2.24, 2.45) is 0 Å². The van der Waals surface area contributed by atoms with Gasteiger partial charge in [-0.1, -0.05) is 24.3 Å². The number of carbonyl (C=O) groups is 2. The minimum absolute atomic E-state index is 0.0488. The van der Waals surface area contributed by atoms with E-state index in [1.165, 1.54) is 23.9 Å². The number of ether oxygens (including phenoxy) is 1. The van der Waals surface area contributed by atoms with Gasteiger partial charge >= 0.3 is 0 Å². The third kappa shape index (κ3) is 5.59. The standard InChI is InChI=1S/C27H27FN2O3S/c1-18-13-22-6-3-20(15-29-26(31)17-34-16-19-4-9-23(28)10-5-19)14-25(22)30(18)27(32)21-7-11-24(33-2)12-8-21/h3-12,14,18H,13,15-17H2,1-2H3,(H,29,31)/t18-/m1/s1. The Balaban J connectivity index is 1.35. The summed E-state index contributed by atoms with van der Waals surface area (Å²) in [6, 6.07) is 19.5. The third-order valence-electron chi connectivity index (χ3n) is 5.83. The highest BCUT2D eigenvalue weighted by atomic mass is 32.2. The second kappa shape index (κ2) is 10.7. The summed E-state index contributed by atoms with van der Waals surface area (Å²) in [4.78, 5) is 27.4. The van der Waals surface area contributed by atoms with Gasteiger partial charge < -0.3 is 15.0 Å². The van der Waals surface area contributed by atoms with Crippen molar-refractivity contribution in [2.45, 2.75) is 31.7 Å². The molecule has 0 spiro atoms. The second-order valence-electron chi connectivity index (χ2n) is 8.32. The summed E-state index contributed by atoms with van der Waals surface area (Å²) in [6.45, 7) is 2.43. The van der Waals surface area contributed by atoms with Crippen molar-refractivity contribution in [1.29, 1.82) is 0 Å². The van der Waals surface area contributed by atoms with E-state index in [2.05, 4.69) is 5.32 Å². The van der Waals surface area contributed by atoms with Gasteiger partial charge in [-0.2, -0.15) is 0 Å². The molecule has 0 fully saturated rings. The van der Waals surface area contributed by atoms with Gasteiger partial charge in [-0.25, -0.2) is 4.39 Å². The van der Waals surface area contributed by atoms with Crippen LogP contribution in [0.4, 0.5) is 10.1 Å². The lowest BCUT2D eigenvalue weighted by Crippen LogP contribution is -2.35. The lowest BCUT2D eigenvalue weighted by atomic mass is 10.1. The van der Waals surface area contributed by atoms with Crippen molar-refractivity contribution in [3.05, 3.63) is 94.8 Å². The van der Waals surface area contributed by atoms with Gasteiger partial charge in [0.1, 0.15) is 11.6 Å². The number of hydrogen-bond donors (Lipinski definition) is 1. The Kier molecular flexibility index (Phi) is 7.53. The van der Waals surface area contributed by atoms with Crippen LogP contribution in [0.2, 0.25) is 0 Å². The second-order valence-corrected chi connectivity index (χ2v) is 9.30. The van der Waals surface area contributed by atoms with E-state index in [1.807, 2.05) is 30.0 Å². The maximum atomic E-state index is 13.2. The number of hydrogen-bond acceptors (Lipinski definition) is 4. The highest BCUT2D eigenvalue weighted by Crippen LogP contribution is 2.34. The number of methoxy groups -OCH3 is 1. The number of halogens is 1. The van der Waals surface area contributed by atoms with Crippen molar-refractivity contribution in [2.75, 3.05) is 17.8 Å². The number of anilines is 1. The van der Waals surface area contributed by atoms with Crippen molar-refractivity contribution < 1.29 is 18.7 Å². The topological polar surface area (TPSA) is 58.6 Å². The van der Waals surface area contributed by atoms with Gasteiger partial charge in [-0.3, -0.25) is 9.59 Å². The Labute approximate surface area is 203 Å². The molecule has 3 aromatic rings.